The van der Waals surface area contributed by atoms with Gasteiger partial charge in [-0.05, 0) is 47.9 Å². The Morgan fingerprint density at radius 1 is 0.848 bits per heavy atom. The molecule has 4 rings (SSSR count). The van der Waals surface area contributed by atoms with Crippen molar-refractivity contribution >= 4 is 11.9 Å². The highest BCUT2D eigenvalue weighted by Crippen LogP contribution is 2.30. The molecule has 1 aliphatic rings. The molecule has 0 aliphatic carbocycles. The molecule has 0 aromatic heterocycles. The van der Waals surface area contributed by atoms with E-state index in [-0.39, 0.29) is 12.5 Å². The summed E-state index contributed by atoms with van der Waals surface area (Å²) in [6.07, 6.45) is 0.622. The Morgan fingerprint density at radius 2 is 1.67 bits per heavy atom. The number of carbonyl (C=O) groups is 2. The van der Waals surface area contributed by atoms with E-state index in [9.17, 15) is 9.59 Å². The lowest BCUT2D eigenvalue weighted by atomic mass is 10.1. The first-order valence-corrected chi connectivity index (χ1v) is 10.8. The third kappa shape index (κ3) is 6.49. The van der Waals surface area contributed by atoms with Crippen LogP contribution in [0.3, 0.4) is 0 Å². The molecule has 1 heterocycles. The van der Waals surface area contributed by atoms with Crippen molar-refractivity contribution in [2.75, 3.05) is 26.4 Å². The lowest BCUT2D eigenvalue weighted by Gasteiger charge is -2.18. The van der Waals surface area contributed by atoms with E-state index in [4.69, 9.17) is 18.9 Å². The van der Waals surface area contributed by atoms with Crippen molar-refractivity contribution in [3.8, 4) is 17.2 Å². The molecule has 33 heavy (non-hydrogen) atoms. The molecule has 1 N–H and O–H groups in total. The number of hydrogen-bond acceptors (Lipinski definition) is 6. The first-order valence-electron chi connectivity index (χ1n) is 10.8. The molecule has 0 fully saturated rings. The van der Waals surface area contributed by atoms with Crippen LogP contribution >= 0.6 is 0 Å². The molecule has 0 bridgehead atoms. The second-order valence-corrected chi connectivity index (χ2v) is 7.46. The van der Waals surface area contributed by atoms with Gasteiger partial charge in [-0.25, -0.2) is 4.79 Å². The minimum atomic E-state index is -0.581. The number of benzene rings is 3. The number of amides is 1. The predicted octanol–water partition coefficient (Wildman–Crippen LogP) is 3.55. The Labute approximate surface area is 192 Å². The minimum absolute atomic E-state index is 0.324. The number of nitrogens with one attached hydrogen (secondary N) is 1. The second-order valence-electron chi connectivity index (χ2n) is 7.46. The molecular formula is C26H25NO6. The molecule has 0 saturated heterocycles. The van der Waals surface area contributed by atoms with E-state index in [1.165, 1.54) is 0 Å². The largest absolute Gasteiger partial charge is 0.489 e. The number of esters is 1. The number of ether oxygens (including phenoxy) is 4. The van der Waals surface area contributed by atoms with Crippen LogP contribution in [0.5, 0.6) is 17.2 Å². The monoisotopic (exact) mass is 447 g/mol. The standard InChI is InChI=1S/C26H25NO6/c28-25(27-12-11-19-9-10-23-24(15-19)31-14-13-30-23)18-33-26(29)21-7-4-8-22(16-21)32-17-20-5-2-1-3-6-20/h1-10,15-16H,11-14,17-18H2,(H,27,28). The smallest absolute Gasteiger partial charge is 0.338 e. The fourth-order valence-electron chi connectivity index (χ4n) is 3.31. The number of hydrogen-bond donors (Lipinski definition) is 1. The average molecular weight is 447 g/mol. The quantitative estimate of drug-likeness (QED) is 0.505. The summed E-state index contributed by atoms with van der Waals surface area (Å²) in [6, 6.07) is 22.2. The van der Waals surface area contributed by atoms with Gasteiger partial charge < -0.3 is 24.3 Å². The summed E-state index contributed by atoms with van der Waals surface area (Å²) in [5.41, 5.74) is 2.37. The van der Waals surface area contributed by atoms with E-state index >= 15 is 0 Å². The SMILES string of the molecule is O=C(COC(=O)c1cccc(OCc2ccccc2)c1)NCCc1ccc2c(c1)OCCO2. The van der Waals surface area contributed by atoms with Gasteiger partial charge in [0, 0.05) is 6.54 Å². The maximum absolute atomic E-state index is 12.3. The van der Waals surface area contributed by atoms with Gasteiger partial charge in [-0.3, -0.25) is 4.79 Å². The van der Waals surface area contributed by atoms with Gasteiger partial charge in [-0.1, -0.05) is 42.5 Å². The van der Waals surface area contributed by atoms with E-state index in [0.29, 0.717) is 49.8 Å². The van der Waals surface area contributed by atoms with Gasteiger partial charge >= 0.3 is 5.97 Å². The van der Waals surface area contributed by atoms with E-state index in [0.717, 1.165) is 16.9 Å². The van der Waals surface area contributed by atoms with Crippen molar-refractivity contribution in [1.29, 1.82) is 0 Å². The first-order chi connectivity index (χ1) is 16.2. The summed E-state index contributed by atoms with van der Waals surface area (Å²) in [5, 5.41) is 2.75. The normalized spacial score (nSPS) is 12.0. The van der Waals surface area contributed by atoms with Crippen molar-refractivity contribution in [3.63, 3.8) is 0 Å². The van der Waals surface area contributed by atoms with E-state index in [2.05, 4.69) is 5.32 Å². The van der Waals surface area contributed by atoms with Crippen molar-refractivity contribution in [1.82, 2.24) is 5.32 Å². The van der Waals surface area contributed by atoms with Gasteiger partial charge in [0.1, 0.15) is 25.6 Å². The third-order valence-corrected chi connectivity index (χ3v) is 4.99. The van der Waals surface area contributed by atoms with Crippen LogP contribution in [-0.4, -0.2) is 38.2 Å². The van der Waals surface area contributed by atoms with Crippen LogP contribution in [0.25, 0.3) is 0 Å². The number of rotatable bonds is 9. The number of carbonyl (C=O) groups excluding carboxylic acids is 2. The van der Waals surface area contributed by atoms with E-state index < -0.39 is 5.97 Å². The summed E-state index contributed by atoms with van der Waals surface area (Å²) in [7, 11) is 0. The third-order valence-electron chi connectivity index (χ3n) is 4.99. The van der Waals surface area contributed by atoms with Crippen LogP contribution < -0.4 is 19.5 Å². The highest BCUT2D eigenvalue weighted by Gasteiger charge is 2.13. The first kappa shape index (κ1) is 22.2. The van der Waals surface area contributed by atoms with Crippen LogP contribution in [-0.2, 0) is 22.6 Å². The molecule has 1 amide bonds. The molecule has 0 atom stereocenters. The Morgan fingerprint density at radius 3 is 2.52 bits per heavy atom. The molecule has 3 aromatic rings. The zero-order valence-corrected chi connectivity index (χ0v) is 18.1. The van der Waals surface area contributed by atoms with Crippen molar-refractivity contribution < 1.29 is 28.5 Å². The van der Waals surface area contributed by atoms with Crippen molar-refractivity contribution in [3.05, 3.63) is 89.5 Å². The zero-order valence-electron chi connectivity index (χ0n) is 18.1. The lowest BCUT2D eigenvalue weighted by Crippen LogP contribution is -2.30. The van der Waals surface area contributed by atoms with Crippen LogP contribution in [0.2, 0.25) is 0 Å². The van der Waals surface area contributed by atoms with E-state index in [1.807, 2.05) is 48.5 Å². The molecule has 3 aromatic carbocycles. The Balaban J connectivity index is 1.19. The fraction of sp³-hybridized carbons (Fsp3) is 0.231. The Hall–Kier alpha value is -4.00. The fourth-order valence-corrected chi connectivity index (χ4v) is 3.31. The Bertz CT molecular complexity index is 1100. The van der Waals surface area contributed by atoms with Gasteiger partial charge in [0.25, 0.3) is 5.91 Å². The second kappa shape index (κ2) is 11.0. The van der Waals surface area contributed by atoms with Crippen LogP contribution in [0.15, 0.2) is 72.8 Å². The molecule has 0 radical (unpaired) electrons. The van der Waals surface area contributed by atoms with E-state index in [1.54, 1.807) is 24.3 Å². The summed E-state index contributed by atoms with van der Waals surface area (Å²) in [5.74, 6) is 1.06. The van der Waals surface area contributed by atoms with Crippen molar-refractivity contribution in [2.45, 2.75) is 13.0 Å². The molecule has 170 valence electrons. The van der Waals surface area contributed by atoms with Gasteiger partial charge in [0.15, 0.2) is 18.1 Å². The van der Waals surface area contributed by atoms with Gasteiger partial charge in [-0.2, -0.15) is 0 Å². The highest BCUT2D eigenvalue weighted by molar-refractivity contribution is 5.91. The molecule has 7 nitrogen and oxygen atoms in total. The maximum atomic E-state index is 12.3. The summed E-state index contributed by atoms with van der Waals surface area (Å²) >= 11 is 0. The summed E-state index contributed by atoms with van der Waals surface area (Å²) < 4.78 is 21.9. The van der Waals surface area contributed by atoms with Crippen LogP contribution in [0, 0.1) is 0 Å². The highest BCUT2D eigenvalue weighted by atomic mass is 16.6. The lowest BCUT2D eigenvalue weighted by molar-refractivity contribution is -0.124. The van der Waals surface area contributed by atoms with Gasteiger partial charge in [0.2, 0.25) is 0 Å². The van der Waals surface area contributed by atoms with Crippen LogP contribution in [0.4, 0.5) is 0 Å². The zero-order chi connectivity index (χ0) is 22.9. The molecule has 0 saturated carbocycles. The molecule has 7 heteroatoms. The molecule has 1 aliphatic heterocycles. The minimum Gasteiger partial charge on any atom is -0.489 e. The summed E-state index contributed by atoms with van der Waals surface area (Å²) in [6.45, 7) is 1.53. The number of fused-ring (bicyclic) bond motifs is 1. The molecule has 0 unspecified atom stereocenters. The molecule has 0 spiro atoms. The van der Waals surface area contributed by atoms with Gasteiger partial charge in [0.05, 0.1) is 5.56 Å². The predicted molar refractivity (Wildman–Crippen MR) is 122 cm³/mol. The Kier molecular flexibility index (Phi) is 7.43. The topological polar surface area (TPSA) is 83.1 Å². The maximum Gasteiger partial charge on any atom is 0.338 e. The van der Waals surface area contributed by atoms with Crippen molar-refractivity contribution in [2.24, 2.45) is 0 Å². The molecular weight excluding hydrogens is 422 g/mol. The van der Waals surface area contributed by atoms with Crippen LogP contribution in [0.1, 0.15) is 21.5 Å². The average Bonchev–Trinajstić information content (AvgIpc) is 2.87. The van der Waals surface area contributed by atoms with Gasteiger partial charge in [-0.15, -0.1) is 0 Å². The summed E-state index contributed by atoms with van der Waals surface area (Å²) in [4.78, 5) is 24.4.